The second kappa shape index (κ2) is 4.53. The van der Waals surface area contributed by atoms with Crippen molar-refractivity contribution in [2.45, 2.75) is 57.0 Å². The zero-order valence-electron chi connectivity index (χ0n) is 9.73. The highest BCUT2D eigenvalue weighted by atomic mass is 15.4. The molecule has 1 saturated heterocycles. The van der Waals surface area contributed by atoms with Gasteiger partial charge in [0.1, 0.15) is 0 Å². The van der Waals surface area contributed by atoms with Crippen molar-refractivity contribution in [3.63, 3.8) is 0 Å². The molecule has 2 fully saturated rings. The van der Waals surface area contributed by atoms with Crippen LogP contribution in [0, 0.1) is 0 Å². The Balaban J connectivity index is 1.58. The van der Waals surface area contributed by atoms with E-state index < -0.39 is 0 Å². The zero-order valence-corrected chi connectivity index (χ0v) is 9.73. The Bertz CT molecular complexity index is 337. The number of nitrogens with one attached hydrogen (secondary N) is 1. The minimum atomic E-state index is 0.602. The summed E-state index contributed by atoms with van der Waals surface area (Å²) in [6, 6.07) is 0.602. The molecule has 1 N–H and O–H groups in total. The maximum Gasteiger partial charge on any atom is 0.0857 e. The van der Waals surface area contributed by atoms with E-state index in [-0.39, 0.29) is 0 Å². The van der Waals surface area contributed by atoms with E-state index in [2.05, 4.69) is 21.8 Å². The summed E-state index contributed by atoms with van der Waals surface area (Å²) in [5.74, 6) is 0.702. The lowest BCUT2D eigenvalue weighted by atomic mass is 9.83. The molecule has 1 aromatic heterocycles. The third-order valence-corrected chi connectivity index (χ3v) is 3.90. The quantitative estimate of drug-likeness (QED) is 0.843. The van der Waals surface area contributed by atoms with Crippen LogP contribution in [0.15, 0.2) is 6.20 Å². The second-order valence-electron chi connectivity index (χ2n) is 5.14. The molecular formula is C12H20N4. The molecule has 0 radical (unpaired) electrons. The topological polar surface area (TPSA) is 42.7 Å². The highest BCUT2D eigenvalue weighted by molar-refractivity contribution is 5.05. The van der Waals surface area contributed by atoms with Gasteiger partial charge in [0.15, 0.2) is 0 Å². The Kier molecular flexibility index (Phi) is 2.91. The van der Waals surface area contributed by atoms with Crippen molar-refractivity contribution < 1.29 is 0 Å². The van der Waals surface area contributed by atoms with Crippen LogP contribution in [0.4, 0.5) is 0 Å². The van der Waals surface area contributed by atoms with E-state index in [9.17, 15) is 0 Å². The molecule has 1 aliphatic heterocycles. The van der Waals surface area contributed by atoms with E-state index in [1.165, 1.54) is 44.2 Å². The summed E-state index contributed by atoms with van der Waals surface area (Å²) < 4.78 is 2.02. The van der Waals surface area contributed by atoms with Crippen LogP contribution in [0.3, 0.4) is 0 Å². The van der Waals surface area contributed by atoms with Gasteiger partial charge in [0, 0.05) is 18.2 Å². The lowest BCUT2D eigenvalue weighted by molar-refractivity contribution is 0.348. The first-order chi connectivity index (χ1) is 7.92. The van der Waals surface area contributed by atoms with Crippen LogP contribution in [-0.4, -0.2) is 27.6 Å². The minimum absolute atomic E-state index is 0.602. The fraction of sp³-hybridized carbons (Fsp3) is 0.833. The first kappa shape index (κ1) is 10.3. The summed E-state index contributed by atoms with van der Waals surface area (Å²) in [4.78, 5) is 0. The van der Waals surface area contributed by atoms with Gasteiger partial charge in [-0.05, 0) is 32.2 Å². The van der Waals surface area contributed by atoms with E-state index in [1.54, 1.807) is 0 Å². The van der Waals surface area contributed by atoms with E-state index in [0.717, 1.165) is 13.1 Å². The molecule has 1 aliphatic carbocycles. The summed E-state index contributed by atoms with van der Waals surface area (Å²) in [5.41, 5.74) is 1.21. The van der Waals surface area contributed by atoms with Crippen molar-refractivity contribution in [2.75, 3.05) is 6.54 Å². The number of hydrogen-bond donors (Lipinski definition) is 1. The van der Waals surface area contributed by atoms with Gasteiger partial charge in [-0.3, -0.25) is 4.68 Å². The van der Waals surface area contributed by atoms with Crippen LogP contribution in [0.5, 0.6) is 0 Å². The van der Waals surface area contributed by atoms with Crippen molar-refractivity contribution in [2.24, 2.45) is 0 Å². The Labute approximate surface area is 96.4 Å². The molecule has 0 spiro atoms. The minimum Gasteiger partial charge on any atom is -0.312 e. The Morgan fingerprint density at radius 1 is 1.25 bits per heavy atom. The van der Waals surface area contributed by atoms with Crippen LogP contribution in [0.25, 0.3) is 0 Å². The fourth-order valence-electron chi connectivity index (χ4n) is 2.60. The molecule has 88 valence electrons. The fourth-order valence-corrected chi connectivity index (χ4v) is 2.60. The number of hydrogen-bond acceptors (Lipinski definition) is 3. The molecular weight excluding hydrogens is 200 g/mol. The number of aromatic nitrogens is 3. The van der Waals surface area contributed by atoms with Crippen molar-refractivity contribution in [3.8, 4) is 0 Å². The monoisotopic (exact) mass is 220 g/mol. The van der Waals surface area contributed by atoms with Crippen LogP contribution in [0.1, 0.15) is 50.1 Å². The van der Waals surface area contributed by atoms with Crippen LogP contribution in [0.2, 0.25) is 0 Å². The predicted octanol–water partition coefficient (Wildman–Crippen LogP) is 1.69. The number of nitrogens with zero attached hydrogens (tertiary/aromatic N) is 3. The maximum atomic E-state index is 4.29. The van der Waals surface area contributed by atoms with Gasteiger partial charge in [0.25, 0.3) is 0 Å². The number of piperidine rings is 1. The second-order valence-corrected chi connectivity index (χ2v) is 5.14. The van der Waals surface area contributed by atoms with Gasteiger partial charge < -0.3 is 5.32 Å². The SMILES string of the molecule is c1c(C2CCC2)nnn1CC1CCCCN1. The highest BCUT2D eigenvalue weighted by Crippen LogP contribution is 2.34. The standard InChI is InChI=1S/C12H20N4/c1-2-7-13-11(6-1)8-16-9-12(14-15-16)10-4-3-5-10/h9-11,13H,1-8H2. The molecule has 2 aliphatic rings. The molecule has 4 nitrogen and oxygen atoms in total. The molecule has 1 atom stereocenters. The molecule has 16 heavy (non-hydrogen) atoms. The average Bonchev–Trinajstić information content (AvgIpc) is 2.65. The summed E-state index contributed by atoms with van der Waals surface area (Å²) >= 11 is 0. The lowest BCUT2D eigenvalue weighted by Gasteiger charge is -2.23. The van der Waals surface area contributed by atoms with E-state index in [4.69, 9.17) is 0 Å². The third kappa shape index (κ3) is 2.12. The first-order valence-electron chi connectivity index (χ1n) is 6.55. The Morgan fingerprint density at radius 3 is 2.88 bits per heavy atom. The molecule has 4 heteroatoms. The van der Waals surface area contributed by atoms with Gasteiger partial charge in [-0.2, -0.15) is 0 Å². The number of rotatable bonds is 3. The molecule has 0 aromatic carbocycles. The van der Waals surface area contributed by atoms with Crippen molar-refractivity contribution in [3.05, 3.63) is 11.9 Å². The van der Waals surface area contributed by atoms with Gasteiger partial charge in [-0.15, -0.1) is 5.10 Å². The zero-order chi connectivity index (χ0) is 10.8. The van der Waals surface area contributed by atoms with E-state index in [0.29, 0.717) is 12.0 Å². The first-order valence-corrected chi connectivity index (χ1v) is 6.55. The molecule has 0 amide bonds. The summed E-state index contributed by atoms with van der Waals surface area (Å²) in [5, 5.41) is 12.1. The van der Waals surface area contributed by atoms with Crippen LogP contribution >= 0.6 is 0 Å². The summed E-state index contributed by atoms with van der Waals surface area (Å²) in [6.45, 7) is 2.15. The van der Waals surface area contributed by atoms with E-state index >= 15 is 0 Å². The molecule has 3 rings (SSSR count). The van der Waals surface area contributed by atoms with Gasteiger partial charge in [0.2, 0.25) is 0 Å². The molecule has 1 unspecified atom stereocenters. The normalized spacial score (nSPS) is 26.6. The highest BCUT2D eigenvalue weighted by Gasteiger charge is 2.23. The van der Waals surface area contributed by atoms with Crippen LogP contribution in [-0.2, 0) is 6.54 Å². The van der Waals surface area contributed by atoms with Gasteiger partial charge in [0.05, 0.1) is 12.2 Å². The Hall–Kier alpha value is -0.900. The molecule has 1 aromatic rings. The molecule has 1 saturated carbocycles. The third-order valence-electron chi connectivity index (χ3n) is 3.90. The summed E-state index contributed by atoms with van der Waals surface area (Å²) in [6.07, 6.45) is 10.1. The molecule has 2 heterocycles. The predicted molar refractivity (Wildman–Crippen MR) is 62.3 cm³/mol. The molecule has 0 bridgehead atoms. The van der Waals surface area contributed by atoms with Gasteiger partial charge in [-0.1, -0.05) is 18.1 Å². The van der Waals surface area contributed by atoms with Gasteiger partial charge >= 0.3 is 0 Å². The lowest BCUT2D eigenvalue weighted by Crippen LogP contribution is -2.37. The van der Waals surface area contributed by atoms with E-state index in [1.807, 2.05) is 4.68 Å². The Morgan fingerprint density at radius 2 is 2.19 bits per heavy atom. The largest absolute Gasteiger partial charge is 0.312 e. The van der Waals surface area contributed by atoms with Crippen molar-refractivity contribution >= 4 is 0 Å². The average molecular weight is 220 g/mol. The van der Waals surface area contributed by atoms with Crippen molar-refractivity contribution in [1.82, 2.24) is 20.3 Å². The maximum absolute atomic E-state index is 4.29. The van der Waals surface area contributed by atoms with Gasteiger partial charge in [-0.25, -0.2) is 0 Å². The van der Waals surface area contributed by atoms with Crippen molar-refractivity contribution in [1.29, 1.82) is 0 Å². The smallest absolute Gasteiger partial charge is 0.0857 e. The van der Waals surface area contributed by atoms with Crippen LogP contribution < -0.4 is 5.32 Å². The summed E-state index contributed by atoms with van der Waals surface area (Å²) in [7, 11) is 0.